The molecule has 2 aromatic carbocycles. The van der Waals surface area contributed by atoms with E-state index in [1.54, 1.807) is 0 Å². The topological polar surface area (TPSA) is 20.3 Å². The van der Waals surface area contributed by atoms with Crippen molar-refractivity contribution >= 4 is 5.91 Å². The molecule has 2 nitrogen and oxygen atoms in total. The van der Waals surface area contributed by atoms with Crippen molar-refractivity contribution in [1.82, 2.24) is 4.90 Å². The lowest BCUT2D eigenvalue weighted by Gasteiger charge is -2.36. The lowest BCUT2D eigenvalue weighted by Crippen LogP contribution is -2.44. The van der Waals surface area contributed by atoms with Gasteiger partial charge in [0, 0.05) is 12.6 Å². The van der Waals surface area contributed by atoms with Gasteiger partial charge in [-0.15, -0.1) is 0 Å². The molecule has 0 N–H and O–H groups in total. The van der Waals surface area contributed by atoms with E-state index in [-0.39, 0.29) is 11.8 Å². The van der Waals surface area contributed by atoms with Crippen molar-refractivity contribution in [2.45, 2.75) is 38.1 Å². The Labute approximate surface area is 132 Å². The molecular formula is C20H23NO. The molecule has 1 amide bonds. The third kappa shape index (κ3) is 3.06. The van der Waals surface area contributed by atoms with Crippen LogP contribution in [0.5, 0.6) is 0 Å². The zero-order valence-corrected chi connectivity index (χ0v) is 13.1. The first kappa shape index (κ1) is 14.8. The van der Waals surface area contributed by atoms with E-state index in [0.29, 0.717) is 6.04 Å². The summed E-state index contributed by atoms with van der Waals surface area (Å²) in [7, 11) is 0. The van der Waals surface area contributed by atoms with Gasteiger partial charge in [0.05, 0.1) is 5.92 Å². The first-order valence-electron chi connectivity index (χ1n) is 8.18. The van der Waals surface area contributed by atoms with E-state index in [1.807, 2.05) is 36.4 Å². The minimum Gasteiger partial charge on any atom is -0.339 e. The van der Waals surface area contributed by atoms with Crippen molar-refractivity contribution in [1.29, 1.82) is 0 Å². The maximum atomic E-state index is 13.2. The molecule has 0 saturated carbocycles. The van der Waals surface area contributed by atoms with Gasteiger partial charge < -0.3 is 4.90 Å². The molecule has 1 atom stereocenters. The van der Waals surface area contributed by atoms with E-state index in [9.17, 15) is 4.79 Å². The van der Waals surface area contributed by atoms with E-state index < -0.39 is 0 Å². The summed E-state index contributed by atoms with van der Waals surface area (Å²) in [5.41, 5.74) is 2.16. The largest absolute Gasteiger partial charge is 0.339 e. The molecule has 0 aromatic heterocycles. The summed E-state index contributed by atoms with van der Waals surface area (Å²) in [6.45, 7) is 3.06. The third-order valence-electron chi connectivity index (χ3n) is 4.60. The van der Waals surface area contributed by atoms with E-state index in [0.717, 1.165) is 30.5 Å². The van der Waals surface area contributed by atoms with Crippen LogP contribution in [-0.2, 0) is 4.79 Å². The minimum absolute atomic E-state index is 0.192. The fourth-order valence-electron chi connectivity index (χ4n) is 3.36. The Morgan fingerprint density at radius 1 is 0.955 bits per heavy atom. The van der Waals surface area contributed by atoms with Gasteiger partial charge in [-0.1, -0.05) is 60.7 Å². The van der Waals surface area contributed by atoms with Crippen LogP contribution in [0.1, 0.15) is 43.2 Å². The maximum absolute atomic E-state index is 13.2. The van der Waals surface area contributed by atoms with Crippen molar-refractivity contribution in [3.63, 3.8) is 0 Å². The maximum Gasteiger partial charge on any atom is 0.234 e. The number of nitrogens with zero attached hydrogens (tertiary/aromatic N) is 1. The number of amides is 1. The van der Waals surface area contributed by atoms with Crippen molar-refractivity contribution in [2.75, 3.05) is 6.54 Å². The lowest BCUT2D eigenvalue weighted by atomic mass is 9.88. The second-order valence-corrected chi connectivity index (χ2v) is 6.13. The number of rotatable bonds is 3. The average molecular weight is 293 g/mol. The molecule has 1 saturated heterocycles. The van der Waals surface area contributed by atoms with Crippen LogP contribution in [-0.4, -0.2) is 23.4 Å². The van der Waals surface area contributed by atoms with Crippen LogP contribution in [0.25, 0.3) is 0 Å². The van der Waals surface area contributed by atoms with Crippen molar-refractivity contribution in [3.05, 3.63) is 71.8 Å². The number of likely N-dealkylation sites (tertiary alicyclic amines) is 1. The highest BCUT2D eigenvalue weighted by molar-refractivity contribution is 5.87. The number of carbonyl (C=O) groups excluding carboxylic acids is 1. The Morgan fingerprint density at radius 2 is 1.50 bits per heavy atom. The number of piperidine rings is 1. The molecule has 0 bridgehead atoms. The predicted molar refractivity (Wildman–Crippen MR) is 89.8 cm³/mol. The Bertz CT molecular complexity index is 569. The lowest BCUT2D eigenvalue weighted by molar-refractivity contribution is -0.135. The van der Waals surface area contributed by atoms with Crippen LogP contribution < -0.4 is 0 Å². The zero-order chi connectivity index (χ0) is 15.4. The fraction of sp³-hybridized carbons (Fsp3) is 0.350. The Kier molecular flexibility index (Phi) is 4.57. The summed E-state index contributed by atoms with van der Waals surface area (Å²) >= 11 is 0. The SMILES string of the molecule is CC1CCCCN1C(=O)C(c1ccccc1)c1ccccc1. The average Bonchev–Trinajstić information content (AvgIpc) is 2.57. The van der Waals surface area contributed by atoms with Gasteiger partial charge in [0.1, 0.15) is 0 Å². The summed E-state index contributed by atoms with van der Waals surface area (Å²) in [5, 5.41) is 0. The molecule has 1 aliphatic rings. The molecule has 114 valence electrons. The highest BCUT2D eigenvalue weighted by Crippen LogP contribution is 2.29. The van der Waals surface area contributed by atoms with Crippen molar-refractivity contribution < 1.29 is 4.79 Å². The highest BCUT2D eigenvalue weighted by Gasteiger charge is 2.31. The van der Waals surface area contributed by atoms with Gasteiger partial charge in [-0.3, -0.25) is 4.79 Å². The molecule has 1 heterocycles. The number of benzene rings is 2. The number of hydrogen-bond donors (Lipinski definition) is 0. The second kappa shape index (κ2) is 6.78. The number of carbonyl (C=O) groups is 1. The van der Waals surface area contributed by atoms with Gasteiger partial charge in [0.2, 0.25) is 5.91 Å². The van der Waals surface area contributed by atoms with E-state index in [2.05, 4.69) is 36.1 Å². The first-order chi connectivity index (χ1) is 10.8. The molecule has 1 unspecified atom stereocenters. The Balaban J connectivity index is 1.97. The van der Waals surface area contributed by atoms with E-state index >= 15 is 0 Å². The first-order valence-corrected chi connectivity index (χ1v) is 8.18. The smallest absolute Gasteiger partial charge is 0.234 e. The Morgan fingerprint density at radius 3 is 2.00 bits per heavy atom. The molecule has 2 heteroatoms. The third-order valence-corrected chi connectivity index (χ3v) is 4.60. The molecule has 22 heavy (non-hydrogen) atoms. The summed E-state index contributed by atoms with van der Waals surface area (Å²) in [6.07, 6.45) is 3.46. The molecular weight excluding hydrogens is 270 g/mol. The van der Waals surface area contributed by atoms with Crippen LogP contribution in [0.3, 0.4) is 0 Å². The van der Waals surface area contributed by atoms with E-state index in [1.165, 1.54) is 6.42 Å². The van der Waals surface area contributed by atoms with Gasteiger partial charge in [0.15, 0.2) is 0 Å². The van der Waals surface area contributed by atoms with Crippen molar-refractivity contribution in [2.24, 2.45) is 0 Å². The van der Waals surface area contributed by atoms with Crippen LogP contribution >= 0.6 is 0 Å². The summed E-state index contributed by atoms with van der Waals surface area (Å²) < 4.78 is 0. The van der Waals surface area contributed by atoms with Gasteiger partial charge in [-0.2, -0.15) is 0 Å². The van der Waals surface area contributed by atoms with Gasteiger partial charge in [0.25, 0.3) is 0 Å². The second-order valence-electron chi connectivity index (χ2n) is 6.13. The Hall–Kier alpha value is -2.09. The predicted octanol–water partition coefficient (Wildman–Crippen LogP) is 4.22. The summed E-state index contributed by atoms with van der Waals surface area (Å²) in [6, 6.07) is 20.6. The fourth-order valence-corrected chi connectivity index (χ4v) is 3.36. The zero-order valence-electron chi connectivity index (χ0n) is 13.1. The van der Waals surface area contributed by atoms with Crippen LogP contribution in [0, 0.1) is 0 Å². The minimum atomic E-state index is -0.192. The summed E-state index contributed by atoms with van der Waals surface area (Å²) in [4.78, 5) is 15.3. The molecule has 0 spiro atoms. The molecule has 0 aliphatic carbocycles. The standard InChI is InChI=1S/C20H23NO/c1-16-10-8-9-15-21(16)20(22)19(17-11-4-2-5-12-17)18-13-6-3-7-14-18/h2-7,11-14,16,19H,8-10,15H2,1H3. The molecule has 1 fully saturated rings. The molecule has 3 rings (SSSR count). The summed E-state index contributed by atoms with van der Waals surface area (Å²) in [5.74, 6) is 0.0487. The van der Waals surface area contributed by atoms with Gasteiger partial charge in [-0.25, -0.2) is 0 Å². The molecule has 0 radical (unpaired) electrons. The van der Waals surface area contributed by atoms with E-state index in [4.69, 9.17) is 0 Å². The highest BCUT2D eigenvalue weighted by atomic mass is 16.2. The van der Waals surface area contributed by atoms with Gasteiger partial charge >= 0.3 is 0 Å². The number of hydrogen-bond acceptors (Lipinski definition) is 1. The molecule has 1 aliphatic heterocycles. The van der Waals surface area contributed by atoms with Crippen LogP contribution in [0.15, 0.2) is 60.7 Å². The normalized spacial score (nSPS) is 18.5. The quantitative estimate of drug-likeness (QED) is 0.829. The van der Waals surface area contributed by atoms with Crippen LogP contribution in [0.4, 0.5) is 0 Å². The van der Waals surface area contributed by atoms with Crippen molar-refractivity contribution in [3.8, 4) is 0 Å². The molecule has 2 aromatic rings. The van der Waals surface area contributed by atoms with Gasteiger partial charge in [-0.05, 0) is 37.3 Å². The van der Waals surface area contributed by atoms with Crippen LogP contribution in [0.2, 0.25) is 0 Å². The monoisotopic (exact) mass is 293 g/mol.